The molecule has 0 saturated carbocycles. The molecule has 1 fully saturated rings. The molecule has 3 aromatic rings. The summed E-state index contributed by atoms with van der Waals surface area (Å²) in [5.41, 5.74) is 2.39. The van der Waals surface area contributed by atoms with Crippen molar-refractivity contribution in [2.75, 3.05) is 33.2 Å². The minimum absolute atomic E-state index is 0. The van der Waals surface area contributed by atoms with Gasteiger partial charge in [0.15, 0.2) is 0 Å². The number of pyridine rings is 1. The fraction of sp³-hybridized carbons (Fsp3) is 0.370. The summed E-state index contributed by atoms with van der Waals surface area (Å²) in [4.78, 5) is 7.41. The Balaban J connectivity index is 0.00000324. The molecule has 0 bridgehead atoms. The summed E-state index contributed by atoms with van der Waals surface area (Å²) in [6.07, 6.45) is 5.00. The summed E-state index contributed by atoms with van der Waals surface area (Å²) in [6.45, 7) is 3.51. The van der Waals surface area contributed by atoms with Crippen molar-refractivity contribution in [1.29, 1.82) is 0 Å². The van der Waals surface area contributed by atoms with Crippen LogP contribution in [0.5, 0.6) is 0 Å². The van der Waals surface area contributed by atoms with Crippen LogP contribution in [-0.2, 0) is 10.0 Å². The quantitative estimate of drug-likeness (QED) is 0.407. The first-order chi connectivity index (χ1) is 16.0. The van der Waals surface area contributed by atoms with Crippen LogP contribution in [0.4, 0.5) is 0 Å². The molecule has 1 atom stereocenters. The van der Waals surface area contributed by atoms with Gasteiger partial charge in [-0.1, -0.05) is 54.6 Å². The lowest BCUT2D eigenvalue weighted by molar-refractivity contribution is 0.203. The van der Waals surface area contributed by atoms with Crippen molar-refractivity contribution in [3.63, 3.8) is 0 Å². The van der Waals surface area contributed by atoms with Crippen molar-refractivity contribution < 1.29 is 8.42 Å². The van der Waals surface area contributed by atoms with Gasteiger partial charge in [0.1, 0.15) is 0 Å². The molecule has 1 aliphatic heterocycles. The lowest BCUT2D eigenvalue weighted by atomic mass is 9.89. The Morgan fingerprint density at radius 3 is 2.18 bits per heavy atom. The van der Waals surface area contributed by atoms with Gasteiger partial charge >= 0.3 is 0 Å². The number of halogens is 1. The summed E-state index contributed by atoms with van der Waals surface area (Å²) < 4.78 is 27.6. The molecule has 1 aliphatic rings. The Bertz CT molecular complexity index is 1090. The van der Waals surface area contributed by atoms with Gasteiger partial charge in [-0.05, 0) is 74.6 Å². The van der Waals surface area contributed by atoms with Gasteiger partial charge in [-0.2, -0.15) is 0 Å². The minimum atomic E-state index is -3.53. The zero-order valence-electron chi connectivity index (χ0n) is 19.7. The van der Waals surface area contributed by atoms with Crippen LogP contribution in [0.2, 0.25) is 0 Å². The Hall–Kier alpha value is -2.25. The van der Waals surface area contributed by atoms with Crippen LogP contribution in [0.1, 0.15) is 42.4 Å². The number of benzene rings is 2. The third-order valence-corrected chi connectivity index (χ3v) is 8.52. The van der Waals surface area contributed by atoms with Crippen molar-refractivity contribution >= 4 is 22.4 Å². The van der Waals surface area contributed by atoms with E-state index < -0.39 is 10.0 Å². The zero-order chi connectivity index (χ0) is 23.1. The average molecular weight is 500 g/mol. The van der Waals surface area contributed by atoms with E-state index in [2.05, 4.69) is 40.2 Å². The summed E-state index contributed by atoms with van der Waals surface area (Å²) in [5, 5.41) is 0. The van der Waals surface area contributed by atoms with Crippen LogP contribution < -0.4 is 0 Å². The highest BCUT2D eigenvalue weighted by Crippen LogP contribution is 2.29. The largest absolute Gasteiger partial charge is 0.303 e. The predicted molar refractivity (Wildman–Crippen MR) is 140 cm³/mol. The van der Waals surface area contributed by atoms with Crippen molar-refractivity contribution in [2.24, 2.45) is 0 Å². The highest BCUT2D eigenvalue weighted by atomic mass is 35.5. The topological polar surface area (TPSA) is 53.5 Å². The monoisotopic (exact) mass is 499 g/mol. The maximum Gasteiger partial charge on any atom is 0.242 e. The highest BCUT2D eigenvalue weighted by molar-refractivity contribution is 7.89. The van der Waals surface area contributed by atoms with Crippen LogP contribution >= 0.6 is 12.4 Å². The number of hydrogen-bond donors (Lipinski definition) is 0. The lowest BCUT2D eigenvalue weighted by Gasteiger charge is -2.33. The Kier molecular flexibility index (Phi) is 9.65. The molecule has 2 aromatic carbocycles. The van der Waals surface area contributed by atoms with Crippen LogP contribution in [0.3, 0.4) is 0 Å². The van der Waals surface area contributed by atoms with Crippen LogP contribution in [0.15, 0.2) is 90.0 Å². The summed E-state index contributed by atoms with van der Waals surface area (Å²) in [5.74, 6) is 0.678. The number of rotatable bonds is 9. The second-order valence-corrected chi connectivity index (χ2v) is 10.9. The molecule has 4 rings (SSSR count). The Labute approximate surface area is 210 Å². The van der Waals surface area contributed by atoms with E-state index in [1.165, 1.54) is 22.7 Å². The predicted octanol–water partition coefficient (Wildman–Crippen LogP) is 5.18. The SMILES string of the molecule is CN(C[C@@H](CCN1CCC(c2ccccc2)CC1)c1ccccn1)S(=O)(=O)c1ccccc1.Cl. The fourth-order valence-electron chi connectivity index (χ4n) is 4.68. The normalized spacial score (nSPS) is 16.2. The fourth-order valence-corrected chi connectivity index (χ4v) is 5.92. The van der Waals surface area contributed by atoms with E-state index in [1.807, 2.05) is 24.3 Å². The first-order valence-electron chi connectivity index (χ1n) is 11.7. The molecule has 5 nitrogen and oxygen atoms in total. The number of sulfonamides is 1. The highest BCUT2D eigenvalue weighted by Gasteiger charge is 2.26. The van der Waals surface area contributed by atoms with Gasteiger partial charge in [-0.3, -0.25) is 4.98 Å². The number of nitrogens with zero attached hydrogens (tertiary/aromatic N) is 3. The number of likely N-dealkylation sites (tertiary alicyclic amines) is 1. The lowest BCUT2D eigenvalue weighted by Crippen LogP contribution is -2.36. The van der Waals surface area contributed by atoms with Crippen molar-refractivity contribution in [2.45, 2.75) is 36.0 Å². The van der Waals surface area contributed by atoms with E-state index >= 15 is 0 Å². The van der Waals surface area contributed by atoms with Gasteiger partial charge in [0.25, 0.3) is 0 Å². The maximum absolute atomic E-state index is 13.1. The Morgan fingerprint density at radius 2 is 1.56 bits per heavy atom. The second kappa shape index (κ2) is 12.5. The molecule has 182 valence electrons. The summed E-state index contributed by atoms with van der Waals surface area (Å²) in [7, 11) is -1.86. The van der Waals surface area contributed by atoms with Crippen LogP contribution in [0.25, 0.3) is 0 Å². The van der Waals surface area contributed by atoms with Gasteiger partial charge in [-0.15, -0.1) is 12.4 Å². The molecule has 0 radical (unpaired) electrons. The van der Waals surface area contributed by atoms with Gasteiger partial charge in [0, 0.05) is 31.4 Å². The molecule has 1 aromatic heterocycles. The van der Waals surface area contributed by atoms with Crippen LogP contribution in [-0.4, -0.2) is 55.8 Å². The van der Waals surface area contributed by atoms with E-state index in [0.717, 1.165) is 31.7 Å². The molecule has 0 N–H and O–H groups in total. The average Bonchev–Trinajstić information content (AvgIpc) is 2.88. The van der Waals surface area contributed by atoms with E-state index in [0.29, 0.717) is 17.4 Å². The molecule has 0 amide bonds. The Morgan fingerprint density at radius 1 is 0.941 bits per heavy atom. The zero-order valence-corrected chi connectivity index (χ0v) is 21.3. The third-order valence-electron chi connectivity index (χ3n) is 6.69. The van der Waals surface area contributed by atoms with E-state index in [9.17, 15) is 8.42 Å². The standard InChI is InChI=1S/C27H33N3O2S.ClH/c1-29(33(31,32)26-12-6-3-7-13-26)22-25(27-14-8-9-18-28-27)17-21-30-19-15-24(16-20-30)23-10-4-2-5-11-23;/h2-14,18,24-25H,15-17,19-22H2,1H3;1H/t25-;/m1./s1. The summed E-state index contributed by atoms with van der Waals surface area (Å²) >= 11 is 0. The summed E-state index contributed by atoms with van der Waals surface area (Å²) in [6, 6.07) is 25.3. The molecule has 2 heterocycles. The molecule has 1 saturated heterocycles. The molecular formula is C27H34ClN3O2S. The smallest absolute Gasteiger partial charge is 0.242 e. The van der Waals surface area contributed by atoms with Gasteiger partial charge < -0.3 is 4.90 Å². The van der Waals surface area contributed by atoms with Crippen LogP contribution in [0, 0.1) is 0 Å². The second-order valence-electron chi connectivity index (χ2n) is 8.87. The number of piperidine rings is 1. The van der Waals surface area contributed by atoms with Gasteiger partial charge in [-0.25, -0.2) is 12.7 Å². The molecule has 7 heteroatoms. The molecule has 0 aliphatic carbocycles. The third kappa shape index (κ3) is 6.66. The van der Waals surface area contributed by atoms with Gasteiger partial charge in [0.2, 0.25) is 10.0 Å². The first-order valence-corrected chi connectivity index (χ1v) is 13.2. The van der Waals surface area contributed by atoms with E-state index in [4.69, 9.17) is 0 Å². The minimum Gasteiger partial charge on any atom is -0.303 e. The number of hydrogen-bond acceptors (Lipinski definition) is 4. The first kappa shape index (κ1) is 26.4. The van der Waals surface area contributed by atoms with Gasteiger partial charge in [0.05, 0.1) is 4.90 Å². The molecular weight excluding hydrogens is 466 g/mol. The van der Waals surface area contributed by atoms with Crippen molar-refractivity contribution in [1.82, 2.24) is 14.2 Å². The molecule has 0 spiro atoms. The van der Waals surface area contributed by atoms with E-state index in [1.54, 1.807) is 37.5 Å². The molecule has 0 unspecified atom stereocenters. The number of aromatic nitrogens is 1. The van der Waals surface area contributed by atoms with Crippen molar-refractivity contribution in [3.05, 3.63) is 96.3 Å². The van der Waals surface area contributed by atoms with Crippen molar-refractivity contribution in [3.8, 4) is 0 Å². The van der Waals surface area contributed by atoms with E-state index in [-0.39, 0.29) is 18.3 Å². The molecule has 34 heavy (non-hydrogen) atoms. The maximum atomic E-state index is 13.1. The number of likely N-dealkylation sites (N-methyl/N-ethyl adjacent to an activating group) is 1.